The van der Waals surface area contributed by atoms with Crippen LogP contribution in [0.2, 0.25) is 0 Å². The maximum absolute atomic E-state index is 10.3. The number of hydrogen-bond donors (Lipinski definition) is 8. The molecule has 0 saturated heterocycles. The highest BCUT2D eigenvalue weighted by Crippen LogP contribution is 2.20. The number of nitrogens with two attached hydrogens (primary N) is 1. The van der Waals surface area contributed by atoms with Crippen molar-refractivity contribution in [2.75, 3.05) is 5.73 Å². The molecule has 0 aromatic heterocycles. The molecule has 9 N–H and O–H groups in total. The topological polar surface area (TPSA) is 185 Å². The monoisotopic (exact) mass is 317 g/mol. The average Bonchev–Trinajstić information content (AvgIpc) is 2.50. The fourth-order valence-electron chi connectivity index (χ4n) is 1.84. The molecule has 2 rings (SSSR count). The van der Waals surface area contributed by atoms with E-state index in [-0.39, 0.29) is 5.56 Å². The number of aromatic carboxylic acids is 1. The van der Waals surface area contributed by atoms with E-state index in [1.54, 1.807) is 12.1 Å². The molecule has 0 radical (unpaired) electrons. The molecule has 1 saturated carbocycles. The van der Waals surface area contributed by atoms with Gasteiger partial charge in [-0.2, -0.15) is 0 Å². The Morgan fingerprint density at radius 1 is 0.727 bits per heavy atom. The van der Waals surface area contributed by atoms with Crippen LogP contribution in [0.3, 0.4) is 0 Å². The van der Waals surface area contributed by atoms with Crippen LogP contribution < -0.4 is 5.73 Å². The fraction of sp³-hybridized carbons (Fsp3) is 0.462. The molecule has 0 bridgehead atoms. The second-order valence-electron chi connectivity index (χ2n) is 4.87. The Morgan fingerprint density at radius 3 is 1.23 bits per heavy atom. The third-order valence-corrected chi connectivity index (χ3v) is 3.26. The number of carboxylic acids is 1. The summed E-state index contributed by atoms with van der Waals surface area (Å²) >= 11 is 0. The van der Waals surface area contributed by atoms with Crippen LogP contribution in [-0.4, -0.2) is 78.3 Å². The zero-order chi connectivity index (χ0) is 17.0. The van der Waals surface area contributed by atoms with Crippen LogP contribution in [0.1, 0.15) is 10.4 Å². The molecule has 0 spiro atoms. The van der Waals surface area contributed by atoms with Gasteiger partial charge in [0.15, 0.2) is 0 Å². The van der Waals surface area contributed by atoms with Crippen molar-refractivity contribution in [1.82, 2.24) is 0 Å². The Balaban J connectivity index is 0.000000224. The number of rotatable bonds is 1. The van der Waals surface area contributed by atoms with Crippen molar-refractivity contribution in [3.05, 3.63) is 29.8 Å². The maximum atomic E-state index is 10.3. The molecule has 1 aromatic rings. The van der Waals surface area contributed by atoms with Crippen molar-refractivity contribution in [3.8, 4) is 0 Å². The number of benzene rings is 1. The normalized spacial score (nSPS) is 34.5. The van der Waals surface area contributed by atoms with E-state index in [4.69, 9.17) is 41.5 Å². The van der Waals surface area contributed by atoms with E-state index in [0.717, 1.165) is 0 Å². The first-order valence-corrected chi connectivity index (χ1v) is 6.34. The van der Waals surface area contributed by atoms with Gasteiger partial charge in [-0.25, -0.2) is 4.79 Å². The SMILES string of the molecule is Nc1ccc(C(=O)O)cc1.OC1C(O)C(O)C(O)C(O)C1O. The number of anilines is 1. The van der Waals surface area contributed by atoms with E-state index in [2.05, 4.69) is 0 Å². The third-order valence-electron chi connectivity index (χ3n) is 3.26. The molecule has 1 aliphatic carbocycles. The van der Waals surface area contributed by atoms with Gasteiger partial charge in [-0.1, -0.05) is 0 Å². The first kappa shape index (κ1) is 18.3. The predicted octanol–water partition coefficient (Wildman–Crippen LogP) is -2.87. The molecule has 0 atom stereocenters. The van der Waals surface area contributed by atoms with E-state index in [0.29, 0.717) is 5.69 Å². The van der Waals surface area contributed by atoms with Crippen molar-refractivity contribution in [2.45, 2.75) is 36.6 Å². The van der Waals surface area contributed by atoms with Gasteiger partial charge in [-0.15, -0.1) is 0 Å². The zero-order valence-corrected chi connectivity index (χ0v) is 11.4. The van der Waals surface area contributed by atoms with Crippen molar-refractivity contribution < 1.29 is 40.5 Å². The van der Waals surface area contributed by atoms with Gasteiger partial charge in [-0.05, 0) is 24.3 Å². The van der Waals surface area contributed by atoms with Gasteiger partial charge in [0.25, 0.3) is 0 Å². The molecule has 124 valence electrons. The van der Waals surface area contributed by atoms with Gasteiger partial charge in [0.2, 0.25) is 0 Å². The van der Waals surface area contributed by atoms with Gasteiger partial charge in [0.05, 0.1) is 5.56 Å². The number of aliphatic hydroxyl groups is 6. The van der Waals surface area contributed by atoms with Crippen LogP contribution in [-0.2, 0) is 0 Å². The summed E-state index contributed by atoms with van der Waals surface area (Å²) in [7, 11) is 0. The maximum Gasteiger partial charge on any atom is 0.335 e. The lowest BCUT2D eigenvalue weighted by Crippen LogP contribution is -2.63. The van der Waals surface area contributed by atoms with Crippen molar-refractivity contribution in [1.29, 1.82) is 0 Å². The minimum absolute atomic E-state index is 0.259. The minimum atomic E-state index is -1.64. The Kier molecular flexibility index (Phi) is 6.23. The van der Waals surface area contributed by atoms with Gasteiger partial charge in [0.1, 0.15) is 36.6 Å². The molecule has 1 fully saturated rings. The predicted molar refractivity (Wildman–Crippen MR) is 73.9 cm³/mol. The summed E-state index contributed by atoms with van der Waals surface area (Å²) in [4.78, 5) is 10.3. The molecule has 9 heteroatoms. The van der Waals surface area contributed by atoms with Crippen LogP contribution in [0.15, 0.2) is 24.3 Å². The van der Waals surface area contributed by atoms with E-state index in [1.165, 1.54) is 12.1 Å². The number of aliphatic hydroxyl groups excluding tert-OH is 6. The summed E-state index contributed by atoms with van der Waals surface area (Å²) in [6, 6.07) is 6.06. The van der Waals surface area contributed by atoms with Gasteiger partial charge < -0.3 is 41.5 Å². The van der Waals surface area contributed by atoms with Gasteiger partial charge >= 0.3 is 5.97 Å². The van der Waals surface area contributed by atoms with Gasteiger partial charge in [-0.3, -0.25) is 0 Å². The van der Waals surface area contributed by atoms with Gasteiger partial charge in [0, 0.05) is 5.69 Å². The lowest BCUT2D eigenvalue weighted by molar-refractivity contribution is -0.223. The van der Waals surface area contributed by atoms with Crippen LogP contribution in [0.5, 0.6) is 0 Å². The smallest absolute Gasteiger partial charge is 0.335 e. The Hall–Kier alpha value is -1.75. The Morgan fingerprint density at radius 2 is 1.00 bits per heavy atom. The molecule has 0 heterocycles. The lowest BCUT2D eigenvalue weighted by Gasteiger charge is -2.39. The summed E-state index contributed by atoms with van der Waals surface area (Å²) < 4.78 is 0. The number of nitrogen functional groups attached to an aromatic ring is 1. The number of carbonyl (C=O) groups is 1. The van der Waals surface area contributed by atoms with E-state index >= 15 is 0 Å². The van der Waals surface area contributed by atoms with E-state index in [9.17, 15) is 4.79 Å². The first-order chi connectivity index (χ1) is 10.2. The van der Waals surface area contributed by atoms with Crippen molar-refractivity contribution in [3.63, 3.8) is 0 Å². The van der Waals surface area contributed by atoms with Crippen molar-refractivity contribution >= 4 is 11.7 Å². The molecular weight excluding hydrogens is 298 g/mol. The highest BCUT2D eigenvalue weighted by atomic mass is 16.4. The third kappa shape index (κ3) is 4.13. The average molecular weight is 317 g/mol. The molecule has 9 nitrogen and oxygen atoms in total. The van der Waals surface area contributed by atoms with Crippen molar-refractivity contribution in [2.24, 2.45) is 0 Å². The van der Waals surface area contributed by atoms with Crippen LogP contribution >= 0.6 is 0 Å². The molecular formula is C13H19NO8. The molecule has 0 unspecified atom stereocenters. The van der Waals surface area contributed by atoms with Crippen LogP contribution in [0.4, 0.5) is 5.69 Å². The molecule has 22 heavy (non-hydrogen) atoms. The molecule has 0 amide bonds. The van der Waals surface area contributed by atoms with Crippen LogP contribution in [0, 0.1) is 0 Å². The quantitative estimate of drug-likeness (QED) is 0.252. The largest absolute Gasteiger partial charge is 0.478 e. The van der Waals surface area contributed by atoms with E-state index in [1.807, 2.05) is 0 Å². The Bertz CT molecular complexity index is 435. The summed E-state index contributed by atoms with van der Waals surface area (Å²) in [5.41, 5.74) is 6.17. The minimum Gasteiger partial charge on any atom is -0.478 e. The molecule has 1 aliphatic rings. The van der Waals surface area contributed by atoms with Crippen LogP contribution in [0.25, 0.3) is 0 Å². The summed E-state index contributed by atoms with van der Waals surface area (Å²) in [6.45, 7) is 0. The lowest BCUT2D eigenvalue weighted by atomic mass is 9.85. The second-order valence-corrected chi connectivity index (χ2v) is 4.87. The Labute approximate surface area is 125 Å². The molecule has 0 aliphatic heterocycles. The highest BCUT2D eigenvalue weighted by molar-refractivity contribution is 5.87. The molecule has 1 aromatic carbocycles. The summed E-state index contributed by atoms with van der Waals surface area (Å²) in [6.07, 6.45) is -9.84. The number of hydrogen-bond acceptors (Lipinski definition) is 8. The fourth-order valence-corrected chi connectivity index (χ4v) is 1.84. The highest BCUT2D eigenvalue weighted by Gasteiger charge is 2.47. The first-order valence-electron chi connectivity index (χ1n) is 6.34. The second kappa shape index (κ2) is 7.49. The standard InChI is InChI=1S/C7H7NO2.C6H12O6/c8-6-3-1-5(2-4-6)7(9)10;7-1-2(8)4(10)6(12)5(11)3(1)9/h1-4H,8H2,(H,9,10);1-12H. The number of carboxylic acid groups (broad SMARTS) is 1. The zero-order valence-electron chi connectivity index (χ0n) is 11.4. The summed E-state index contributed by atoms with van der Waals surface area (Å²) in [5, 5.41) is 62.3. The van der Waals surface area contributed by atoms with E-state index < -0.39 is 42.6 Å². The summed E-state index contributed by atoms with van der Waals surface area (Å²) in [5.74, 6) is -0.931.